The lowest BCUT2D eigenvalue weighted by molar-refractivity contribution is 0.660. The summed E-state index contributed by atoms with van der Waals surface area (Å²) in [6.45, 7) is 2.01. The van der Waals surface area contributed by atoms with Gasteiger partial charge in [-0.05, 0) is 18.6 Å². The number of nitrogens with one attached hydrogen (secondary N) is 1. The Balaban J connectivity index is 2.51. The molecule has 0 aromatic carbocycles. The van der Waals surface area contributed by atoms with E-state index in [9.17, 15) is 0 Å². The highest BCUT2D eigenvalue weighted by Crippen LogP contribution is 2.15. The summed E-state index contributed by atoms with van der Waals surface area (Å²) < 4.78 is 0. The lowest BCUT2D eigenvalue weighted by atomic mass is 10.2. The van der Waals surface area contributed by atoms with Gasteiger partial charge in [0.1, 0.15) is 11.6 Å². The molecule has 2 aromatic heterocycles. The molecule has 14 heavy (non-hydrogen) atoms. The van der Waals surface area contributed by atoms with Crippen LogP contribution >= 0.6 is 0 Å². The smallest absolute Gasteiger partial charge is 0.179 e. The van der Waals surface area contributed by atoms with Gasteiger partial charge in [0.15, 0.2) is 5.65 Å². The molecular formula is C9H13N5. The first kappa shape index (κ1) is 8.96. The van der Waals surface area contributed by atoms with Crippen molar-refractivity contribution in [1.29, 1.82) is 0 Å². The summed E-state index contributed by atoms with van der Waals surface area (Å²) in [6.07, 6.45) is 0.843. The first-order valence-electron chi connectivity index (χ1n) is 4.58. The molecule has 74 valence electrons. The lowest BCUT2D eigenvalue weighted by Gasteiger charge is -2.01. The molecule has 0 aliphatic rings. The van der Waals surface area contributed by atoms with Crippen LogP contribution in [0, 0.1) is 0 Å². The van der Waals surface area contributed by atoms with Crippen LogP contribution in [0.4, 0.5) is 5.82 Å². The van der Waals surface area contributed by atoms with Gasteiger partial charge in [0, 0.05) is 0 Å². The van der Waals surface area contributed by atoms with E-state index in [-0.39, 0.29) is 6.04 Å². The van der Waals surface area contributed by atoms with Gasteiger partial charge in [-0.3, -0.25) is 0 Å². The number of anilines is 1. The van der Waals surface area contributed by atoms with Crippen LogP contribution in [-0.4, -0.2) is 15.0 Å². The molecule has 2 rings (SSSR count). The van der Waals surface area contributed by atoms with E-state index in [4.69, 9.17) is 11.5 Å². The van der Waals surface area contributed by atoms with E-state index in [1.54, 1.807) is 6.07 Å². The van der Waals surface area contributed by atoms with Gasteiger partial charge in [-0.15, -0.1) is 0 Å². The van der Waals surface area contributed by atoms with Gasteiger partial charge in [-0.1, -0.05) is 6.92 Å². The van der Waals surface area contributed by atoms with Crippen LogP contribution in [-0.2, 0) is 0 Å². The maximum absolute atomic E-state index is 5.84. The Morgan fingerprint density at radius 1 is 1.43 bits per heavy atom. The molecule has 1 atom stereocenters. The van der Waals surface area contributed by atoms with E-state index < -0.39 is 0 Å². The molecule has 0 fully saturated rings. The second kappa shape index (κ2) is 3.26. The van der Waals surface area contributed by atoms with Crippen LogP contribution in [0.3, 0.4) is 0 Å². The second-order valence-corrected chi connectivity index (χ2v) is 3.24. The molecule has 0 spiro atoms. The van der Waals surface area contributed by atoms with Crippen molar-refractivity contribution in [3.05, 3.63) is 18.0 Å². The number of hydrogen-bond acceptors (Lipinski definition) is 4. The third-order valence-electron chi connectivity index (χ3n) is 2.18. The molecule has 0 aliphatic heterocycles. The highest BCUT2D eigenvalue weighted by atomic mass is 15.0. The third kappa shape index (κ3) is 1.42. The van der Waals surface area contributed by atoms with Gasteiger partial charge in [0.25, 0.3) is 0 Å². The van der Waals surface area contributed by atoms with Crippen molar-refractivity contribution in [2.45, 2.75) is 19.4 Å². The number of aromatic nitrogens is 3. The fourth-order valence-corrected chi connectivity index (χ4v) is 1.29. The molecule has 1 unspecified atom stereocenters. The molecule has 2 heterocycles. The average Bonchev–Trinajstić information content (AvgIpc) is 2.59. The third-order valence-corrected chi connectivity index (χ3v) is 2.18. The van der Waals surface area contributed by atoms with Crippen LogP contribution in [0.5, 0.6) is 0 Å². The highest BCUT2D eigenvalue weighted by Gasteiger charge is 2.09. The Hall–Kier alpha value is -1.62. The van der Waals surface area contributed by atoms with Crippen LogP contribution < -0.4 is 11.5 Å². The zero-order valence-electron chi connectivity index (χ0n) is 7.99. The highest BCUT2D eigenvalue weighted by molar-refractivity contribution is 5.72. The van der Waals surface area contributed by atoms with Crippen molar-refractivity contribution in [2.75, 3.05) is 5.73 Å². The Kier molecular flexibility index (Phi) is 2.09. The van der Waals surface area contributed by atoms with Crippen molar-refractivity contribution < 1.29 is 0 Å². The Morgan fingerprint density at radius 3 is 2.93 bits per heavy atom. The number of pyridine rings is 1. The minimum absolute atomic E-state index is 0.0644. The van der Waals surface area contributed by atoms with Gasteiger partial charge in [0.05, 0.1) is 11.6 Å². The van der Waals surface area contributed by atoms with Crippen molar-refractivity contribution in [2.24, 2.45) is 5.73 Å². The summed E-state index contributed by atoms with van der Waals surface area (Å²) in [5.74, 6) is 1.24. The SMILES string of the molecule is CCC(N)c1nc2nc(N)ccc2[nH]1. The largest absolute Gasteiger partial charge is 0.384 e. The monoisotopic (exact) mass is 191 g/mol. The topological polar surface area (TPSA) is 93.6 Å². The summed E-state index contributed by atoms with van der Waals surface area (Å²) in [6, 6.07) is 3.53. The summed E-state index contributed by atoms with van der Waals surface area (Å²) in [5.41, 5.74) is 12.9. The van der Waals surface area contributed by atoms with E-state index in [0.717, 1.165) is 17.8 Å². The fraction of sp³-hybridized carbons (Fsp3) is 0.333. The van der Waals surface area contributed by atoms with Gasteiger partial charge in [-0.25, -0.2) is 9.97 Å². The second-order valence-electron chi connectivity index (χ2n) is 3.24. The summed E-state index contributed by atoms with van der Waals surface area (Å²) in [4.78, 5) is 11.5. The summed E-state index contributed by atoms with van der Waals surface area (Å²) in [5, 5.41) is 0. The minimum Gasteiger partial charge on any atom is -0.384 e. The fourth-order valence-electron chi connectivity index (χ4n) is 1.29. The minimum atomic E-state index is -0.0644. The van der Waals surface area contributed by atoms with Crippen molar-refractivity contribution in [3.63, 3.8) is 0 Å². The van der Waals surface area contributed by atoms with Crippen molar-refractivity contribution in [1.82, 2.24) is 15.0 Å². The van der Waals surface area contributed by atoms with Gasteiger partial charge in [-0.2, -0.15) is 0 Å². The van der Waals surface area contributed by atoms with E-state index >= 15 is 0 Å². The number of hydrogen-bond donors (Lipinski definition) is 3. The Morgan fingerprint density at radius 2 is 2.21 bits per heavy atom. The predicted molar refractivity (Wildman–Crippen MR) is 55.5 cm³/mol. The molecule has 5 nitrogen and oxygen atoms in total. The summed E-state index contributed by atoms with van der Waals surface area (Å²) in [7, 11) is 0. The number of nitrogens with two attached hydrogens (primary N) is 2. The van der Waals surface area contributed by atoms with Crippen molar-refractivity contribution >= 4 is 17.0 Å². The molecule has 2 aromatic rings. The van der Waals surface area contributed by atoms with Crippen LogP contribution in [0.2, 0.25) is 0 Å². The van der Waals surface area contributed by atoms with E-state index in [0.29, 0.717) is 11.5 Å². The van der Waals surface area contributed by atoms with Gasteiger partial charge < -0.3 is 16.5 Å². The summed E-state index contributed by atoms with van der Waals surface area (Å²) >= 11 is 0. The van der Waals surface area contributed by atoms with Gasteiger partial charge >= 0.3 is 0 Å². The molecule has 0 saturated carbocycles. The first-order chi connectivity index (χ1) is 6.70. The number of aromatic amines is 1. The molecule has 0 radical (unpaired) electrons. The van der Waals surface area contributed by atoms with E-state index in [1.807, 2.05) is 13.0 Å². The number of rotatable bonds is 2. The van der Waals surface area contributed by atoms with Crippen LogP contribution in [0.1, 0.15) is 25.2 Å². The molecule has 5 N–H and O–H groups in total. The zero-order chi connectivity index (χ0) is 10.1. The maximum atomic E-state index is 5.84. The Labute approximate surface area is 81.5 Å². The zero-order valence-corrected chi connectivity index (χ0v) is 7.99. The quantitative estimate of drug-likeness (QED) is 0.658. The Bertz CT molecular complexity index is 447. The number of nitrogen functional groups attached to an aromatic ring is 1. The normalized spacial score (nSPS) is 13.3. The maximum Gasteiger partial charge on any atom is 0.179 e. The van der Waals surface area contributed by atoms with Crippen LogP contribution in [0.15, 0.2) is 12.1 Å². The molecule has 0 bridgehead atoms. The molecule has 0 amide bonds. The molecule has 0 aliphatic carbocycles. The first-order valence-corrected chi connectivity index (χ1v) is 4.58. The number of nitrogens with zero attached hydrogens (tertiary/aromatic N) is 2. The number of H-pyrrole nitrogens is 1. The number of imidazole rings is 1. The van der Waals surface area contributed by atoms with E-state index in [2.05, 4.69) is 15.0 Å². The molecular weight excluding hydrogens is 178 g/mol. The predicted octanol–water partition coefficient (Wildman–Crippen LogP) is 0.950. The number of fused-ring (bicyclic) bond motifs is 1. The standard InChI is InChI=1S/C9H13N5/c1-2-5(10)8-12-6-3-4-7(11)13-9(6)14-8/h3-5H,2,10H2,1H3,(H3,11,12,13,14). The van der Waals surface area contributed by atoms with E-state index in [1.165, 1.54) is 0 Å². The van der Waals surface area contributed by atoms with Crippen molar-refractivity contribution in [3.8, 4) is 0 Å². The molecule has 5 heteroatoms. The van der Waals surface area contributed by atoms with Crippen LogP contribution in [0.25, 0.3) is 11.2 Å². The molecule has 0 saturated heterocycles. The van der Waals surface area contributed by atoms with Gasteiger partial charge in [0.2, 0.25) is 0 Å². The lowest BCUT2D eigenvalue weighted by Crippen LogP contribution is -2.10. The average molecular weight is 191 g/mol.